The lowest BCUT2D eigenvalue weighted by atomic mass is 10.2. The summed E-state index contributed by atoms with van der Waals surface area (Å²) in [4.78, 5) is 16.3. The fraction of sp³-hybridized carbons (Fsp3) is 0.312. The second-order valence-electron chi connectivity index (χ2n) is 5.34. The first-order chi connectivity index (χ1) is 11.3. The van der Waals surface area contributed by atoms with E-state index in [1.54, 1.807) is 25.3 Å². The van der Waals surface area contributed by atoms with Crippen LogP contribution in [0.5, 0.6) is 5.75 Å². The molecule has 0 atom stereocenters. The molecule has 24 heavy (non-hydrogen) atoms. The van der Waals surface area contributed by atoms with Gasteiger partial charge in [0.1, 0.15) is 0 Å². The standard InChI is InChI=1S/C16H17Cl2N3O2S/c1-8(2)23-14-12(17)5-11(6-13(14)18)7-19-21-16-20-9(3)15(24-16)10(4)22/h5-8H,1-4H3,(H,20,21)/b19-7-. The third-order valence-corrected chi connectivity index (χ3v) is 4.59. The van der Waals surface area contributed by atoms with Crippen LogP contribution in [0.4, 0.5) is 5.13 Å². The molecule has 1 N–H and O–H groups in total. The SMILES string of the molecule is CC(=O)c1sc(N/N=C\c2cc(Cl)c(OC(C)C)c(Cl)c2)nc1C. The van der Waals surface area contributed by atoms with Gasteiger partial charge in [-0.1, -0.05) is 34.5 Å². The number of benzene rings is 1. The highest BCUT2D eigenvalue weighted by atomic mass is 35.5. The molecule has 0 spiro atoms. The molecule has 0 saturated carbocycles. The Hall–Kier alpha value is -1.63. The van der Waals surface area contributed by atoms with Crippen molar-refractivity contribution in [1.29, 1.82) is 0 Å². The molecule has 0 aliphatic carbocycles. The summed E-state index contributed by atoms with van der Waals surface area (Å²) in [7, 11) is 0. The maximum atomic E-state index is 11.4. The molecule has 1 aromatic carbocycles. The van der Waals surface area contributed by atoms with Crippen molar-refractivity contribution in [3.8, 4) is 5.75 Å². The van der Waals surface area contributed by atoms with E-state index in [9.17, 15) is 4.79 Å². The molecule has 0 aliphatic rings. The van der Waals surface area contributed by atoms with Crippen molar-refractivity contribution in [3.63, 3.8) is 0 Å². The van der Waals surface area contributed by atoms with Gasteiger partial charge in [0.25, 0.3) is 0 Å². The summed E-state index contributed by atoms with van der Waals surface area (Å²) in [5, 5.41) is 5.49. The molecule has 1 heterocycles. The second-order valence-corrected chi connectivity index (χ2v) is 7.15. The molecule has 0 fully saturated rings. The number of halogens is 2. The number of ketones is 1. The van der Waals surface area contributed by atoms with Crippen LogP contribution >= 0.6 is 34.5 Å². The molecule has 0 radical (unpaired) electrons. The highest BCUT2D eigenvalue weighted by molar-refractivity contribution is 7.17. The molecule has 0 amide bonds. The van der Waals surface area contributed by atoms with Crippen molar-refractivity contribution < 1.29 is 9.53 Å². The highest BCUT2D eigenvalue weighted by Crippen LogP contribution is 2.34. The summed E-state index contributed by atoms with van der Waals surface area (Å²) in [5.74, 6) is 0.446. The van der Waals surface area contributed by atoms with Crippen LogP contribution in [0.15, 0.2) is 17.2 Å². The Morgan fingerprint density at radius 1 is 1.38 bits per heavy atom. The Morgan fingerprint density at radius 3 is 2.50 bits per heavy atom. The summed E-state index contributed by atoms with van der Waals surface area (Å²) < 4.78 is 5.58. The molecule has 2 aromatic rings. The first kappa shape index (κ1) is 18.7. The van der Waals surface area contributed by atoms with Gasteiger partial charge < -0.3 is 4.74 Å². The molecule has 0 aliphatic heterocycles. The number of hydrogen-bond donors (Lipinski definition) is 1. The van der Waals surface area contributed by atoms with Crippen LogP contribution < -0.4 is 10.2 Å². The summed E-state index contributed by atoms with van der Waals surface area (Å²) >= 11 is 13.6. The molecule has 5 nitrogen and oxygen atoms in total. The number of rotatable bonds is 6. The number of ether oxygens (including phenoxy) is 1. The summed E-state index contributed by atoms with van der Waals surface area (Å²) in [5.41, 5.74) is 4.21. The predicted molar refractivity (Wildman–Crippen MR) is 100 cm³/mol. The van der Waals surface area contributed by atoms with E-state index in [-0.39, 0.29) is 11.9 Å². The van der Waals surface area contributed by atoms with E-state index in [2.05, 4.69) is 15.5 Å². The van der Waals surface area contributed by atoms with E-state index in [1.165, 1.54) is 18.3 Å². The van der Waals surface area contributed by atoms with Gasteiger partial charge in [-0.3, -0.25) is 10.2 Å². The molecule has 0 unspecified atom stereocenters. The van der Waals surface area contributed by atoms with Gasteiger partial charge in [-0.2, -0.15) is 5.10 Å². The van der Waals surface area contributed by atoms with Gasteiger partial charge in [0.15, 0.2) is 11.5 Å². The van der Waals surface area contributed by atoms with Gasteiger partial charge in [-0.05, 0) is 38.5 Å². The number of aryl methyl sites for hydroxylation is 1. The van der Waals surface area contributed by atoms with Gasteiger partial charge in [0, 0.05) is 6.92 Å². The number of hydrogen-bond acceptors (Lipinski definition) is 6. The topological polar surface area (TPSA) is 63.6 Å². The smallest absolute Gasteiger partial charge is 0.204 e. The maximum Gasteiger partial charge on any atom is 0.204 e. The van der Waals surface area contributed by atoms with Crippen LogP contribution in [0.1, 0.15) is 41.7 Å². The van der Waals surface area contributed by atoms with E-state index in [0.29, 0.717) is 37.1 Å². The van der Waals surface area contributed by atoms with Gasteiger partial charge >= 0.3 is 0 Å². The van der Waals surface area contributed by atoms with Crippen molar-refractivity contribution in [2.75, 3.05) is 5.43 Å². The molecule has 0 bridgehead atoms. The van der Waals surface area contributed by atoms with Crippen molar-refractivity contribution in [2.45, 2.75) is 33.8 Å². The third-order valence-electron chi connectivity index (χ3n) is 2.86. The third kappa shape index (κ3) is 4.69. The minimum absolute atomic E-state index is 0.0127. The van der Waals surface area contributed by atoms with Crippen molar-refractivity contribution >= 4 is 51.7 Å². The van der Waals surface area contributed by atoms with Crippen LogP contribution in [0.2, 0.25) is 10.0 Å². The molecule has 8 heteroatoms. The number of Topliss-reactive ketones (excluding diaryl/α,β-unsaturated/α-hetero) is 1. The Balaban J connectivity index is 2.12. The molecule has 0 saturated heterocycles. The average molecular weight is 386 g/mol. The van der Waals surface area contributed by atoms with Crippen LogP contribution in [-0.2, 0) is 0 Å². The maximum absolute atomic E-state index is 11.4. The number of hydrazone groups is 1. The lowest BCUT2D eigenvalue weighted by Crippen LogP contribution is -2.06. The number of thiazole rings is 1. The van der Waals surface area contributed by atoms with Crippen molar-refractivity contribution in [3.05, 3.63) is 38.3 Å². The molecule has 2 rings (SSSR count). The molecular formula is C16H17Cl2N3O2S. The van der Waals surface area contributed by atoms with Crippen LogP contribution in [0, 0.1) is 6.92 Å². The lowest BCUT2D eigenvalue weighted by molar-refractivity contribution is 0.102. The van der Waals surface area contributed by atoms with E-state index >= 15 is 0 Å². The number of nitrogens with one attached hydrogen (secondary N) is 1. The largest absolute Gasteiger partial charge is 0.488 e. The van der Waals surface area contributed by atoms with E-state index in [4.69, 9.17) is 27.9 Å². The first-order valence-corrected chi connectivity index (χ1v) is 8.78. The quantitative estimate of drug-likeness (QED) is 0.421. The minimum atomic E-state index is -0.0233. The molecule has 1 aromatic heterocycles. The Morgan fingerprint density at radius 2 is 2.00 bits per heavy atom. The Kier molecular flexibility index (Phi) is 6.21. The first-order valence-electron chi connectivity index (χ1n) is 7.21. The Bertz CT molecular complexity index is 765. The number of nitrogens with zero attached hydrogens (tertiary/aromatic N) is 2. The van der Waals surface area contributed by atoms with Crippen molar-refractivity contribution in [2.24, 2.45) is 5.10 Å². The van der Waals surface area contributed by atoms with Crippen LogP contribution in [0.3, 0.4) is 0 Å². The summed E-state index contributed by atoms with van der Waals surface area (Å²) in [6, 6.07) is 3.43. The van der Waals surface area contributed by atoms with Gasteiger partial charge in [0.2, 0.25) is 5.13 Å². The highest BCUT2D eigenvalue weighted by Gasteiger charge is 2.12. The lowest BCUT2D eigenvalue weighted by Gasteiger charge is -2.13. The number of anilines is 1. The van der Waals surface area contributed by atoms with E-state index < -0.39 is 0 Å². The Labute approximate surface area is 154 Å². The molecular weight excluding hydrogens is 369 g/mol. The second kappa shape index (κ2) is 7.96. The minimum Gasteiger partial charge on any atom is -0.488 e. The van der Waals surface area contributed by atoms with Gasteiger partial charge in [-0.15, -0.1) is 0 Å². The van der Waals surface area contributed by atoms with Gasteiger partial charge in [-0.25, -0.2) is 4.98 Å². The predicted octanol–water partition coefficient (Wildman–Crippen LogP) is 5.19. The fourth-order valence-corrected chi connectivity index (χ4v) is 3.34. The zero-order valence-corrected chi connectivity index (χ0v) is 16.0. The monoisotopic (exact) mass is 385 g/mol. The van der Waals surface area contributed by atoms with E-state index in [1.807, 2.05) is 13.8 Å². The summed E-state index contributed by atoms with van der Waals surface area (Å²) in [6.45, 7) is 7.10. The number of carbonyl (C=O) groups is 1. The normalized spacial score (nSPS) is 11.3. The van der Waals surface area contributed by atoms with Crippen molar-refractivity contribution in [1.82, 2.24) is 4.98 Å². The number of carbonyl (C=O) groups excluding carboxylic acids is 1. The average Bonchev–Trinajstić information content (AvgIpc) is 2.84. The zero-order chi connectivity index (χ0) is 17.9. The van der Waals surface area contributed by atoms with E-state index in [0.717, 1.165) is 0 Å². The fourth-order valence-electron chi connectivity index (χ4n) is 1.94. The van der Waals surface area contributed by atoms with Gasteiger partial charge in [0.05, 0.1) is 32.9 Å². The summed E-state index contributed by atoms with van der Waals surface area (Å²) in [6.07, 6.45) is 1.55. The zero-order valence-electron chi connectivity index (χ0n) is 13.7. The number of aromatic nitrogens is 1. The molecule has 128 valence electrons. The van der Waals surface area contributed by atoms with Crippen LogP contribution in [-0.4, -0.2) is 23.1 Å². The van der Waals surface area contributed by atoms with Crippen LogP contribution in [0.25, 0.3) is 0 Å².